The van der Waals surface area contributed by atoms with Crippen LogP contribution in [-0.4, -0.2) is 52.5 Å². The van der Waals surface area contributed by atoms with E-state index in [4.69, 9.17) is 21.1 Å². The van der Waals surface area contributed by atoms with Crippen LogP contribution in [0, 0.1) is 5.92 Å². The van der Waals surface area contributed by atoms with E-state index in [-0.39, 0.29) is 24.0 Å². The Hall–Kier alpha value is -2.74. The molecule has 0 spiro atoms. The highest BCUT2D eigenvalue weighted by Gasteiger charge is 2.38. The van der Waals surface area contributed by atoms with Crippen molar-refractivity contribution in [3.8, 4) is 11.4 Å². The van der Waals surface area contributed by atoms with Crippen LogP contribution in [0.4, 0.5) is 10.6 Å². The highest BCUT2D eigenvalue weighted by molar-refractivity contribution is 6.32. The summed E-state index contributed by atoms with van der Waals surface area (Å²) in [6.07, 6.45) is 3.49. The lowest BCUT2D eigenvalue weighted by Crippen LogP contribution is -2.41. The number of anilines is 1. The zero-order valence-electron chi connectivity index (χ0n) is 16.1. The van der Waals surface area contributed by atoms with E-state index in [2.05, 4.69) is 10.4 Å². The summed E-state index contributed by atoms with van der Waals surface area (Å²) in [7, 11) is 0. The molecule has 4 rings (SSSR count). The molecular formula is C20H23ClN4O4. The van der Waals surface area contributed by atoms with Crippen molar-refractivity contribution < 1.29 is 19.1 Å². The third-order valence-corrected chi connectivity index (χ3v) is 5.57. The van der Waals surface area contributed by atoms with Gasteiger partial charge in [-0.05, 0) is 37.8 Å². The molecule has 29 heavy (non-hydrogen) atoms. The van der Waals surface area contributed by atoms with Crippen LogP contribution in [0.5, 0.6) is 5.75 Å². The number of hydrogen-bond donors (Lipinski definition) is 1. The number of nitrogens with one attached hydrogen (secondary N) is 1. The molecular weight excluding hydrogens is 396 g/mol. The maximum atomic E-state index is 12.5. The number of carbonyl (C=O) groups excluding carboxylic acids is 2. The van der Waals surface area contributed by atoms with Crippen LogP contribution in [0.1, 0.15) is 26.2 Å². The number of nitrogens with zero attached hydrogens (tertiary/aromatic N) is 3. The van der Waals surface area contributed by atoms with Crippen LogP contribution in [0.25, 0.3) is 5.69 Å². The zero-order valence-corrected chi connectivity index (χ0v) is 16.9. The number of benzene rings is 1. The number of halogens is 1. The van der Waals surface area contributed by atoms with Crippen molar-refractivity contribution in [2.24, 2.45) is 5.92 Å². The van der Waals surface area contributed by atoms with Gasteiger partial charge < -0.3 is 19.7 Å². The summed E-state index contributed by atoms with van der Waals surface area (Å²) in [4.78, 5) is 25.8. The molecule has 1 aromatic heterocycles. The summed E-state index contributed by atoms with van der Waals surface area (Å²) in [5.41, 5.74) is 0.703. The van der Waals surface area contributed by atoms with E-state index in [1.54, 1.807) is 27.9 Å². The van der Waals surface area contributed by atoms with Crippen LogP contribution in [-0.2, 0) is 9.53 Å². The average Bonchev–Trinajstić information content (AvgIpc) is 3.29. The van der Waals surface area contributed by atoms with Crippen molar-refractivity contribution >= 4 is 29.4 Å². The van der Waals surface area contributed by atoms with Crippen molar-refractivity contribution in [1.29, 1.82) is 0 Å². The number of fused-ring (bicyclic) bond motifs is 1. The van der Waals surface area contributed by atoms with Gasteiger partial charge in [0.05, 0.1) is 23.4 Å². The molecule has 1 N–H and O–H groups in total. The first-order chi connectivity index (χ1) is 14.0. The smallest absolute Gasteiger partial charge is 0.410 e. The quantitative estimate of drug-likeness (QED) is 0.776. The van der Waals surface area contributed by atoms with Gasteiger partial charge in [0, 0.05) is 31.3 Å². The van der Waals surface area contributed by atoms with E-state index in [9.17, 15) is 9.59 Å². The molecule has 2 atom stereocenters. The van der Waals surface area contributed by atoms with Gasteiger partial charge >= 0.3 is 6.09 Å². The third kappa shape index (κ3) is 4.32. The lowest BCUT2D eigenvalue weighted by atomic mass is 9.89. The fourth-order valence-electron chi connectivity index (χ4n) is 3.88. The normalized spacial score (nSPS) is 20.9. The third-order valence-electron chi connectivity index (χ3n) is 5.27. The van der Waals surface area contributed by atoms with Gasteiger partial charge in [0.25, 0.3) is 0 Å². The summed E-state index contributed by atoms with van der Waals surface area (Å²) in [6.45, 7) is 3.54. The average molecular weight is 419 g/mol. The molecule has 2 unspecified atom stereocenters. The van der Waals surface area contributed by atoms with Gasteiger partial charge in [-0.2, -0.15) is 5.10 Å². The molecule has 2 fully saturated rings. The fraction of sp³-hybridized carbons (Fsp3) is 0.450. The highest BCUT2D eigenvalue weighted by Crippen LogP contribution is 2.30. The Balaban J connectivity index is 1.34. The van der Waals surface area contributed by atoms with Crippen molar-refractivity contribution in [2.45, 2.75) is 32.2 Å². The summed E-state index contributed by atoms with van der Waals surface area (Å²) in [5, 5.41) is 7.76. The first-order valence-corrected chi connectivity index (χ1v) is 10.1. The fourth-order valence-corrected chi connectivity index (χ4v) is 4.14. The maximum absolute atomic E-state index is 12.5. The second kappa shape index (κ2) is 8.32. The van der Waals surface area contributed by atoms with Crippen LogP contribution >= 0.6 is 11.6 Å². The van der Waals surface area contributed by atoms with Gasteiger partial charge in [-0.25, -0.2) is 9.48 Å². The number of rotatable bonds is 6. The Kier molecular flexibility index (Phi) is 5.62. The highest BCUT2D eigenvalue weighted by atomic mass is 35.5. The molecule has 3 heterocycles. The van der Waals surface area contributed by atoms with E-state index in [1.807, 2.05) is 19.1 Å². The van der Waals surface area contributed by atoms with Gasteiger partial charge in [-0.3, -0.25) is 4.79 Å². The van der Waals surface area contributed by atoms with Crippen LogP contribution < -0.4 is 10.1 Å². The number of piperidine rings is 1. The molecule has 2 saturated heterocycles. The Morgan fingerprint density at radius 2 is 2.28 bits per heavy atom. The number of amides is 2. The van der Waals surface area contributed by atoms with Crippen LogP contribution in [0.3, 0.4) is 0 Å². The Morgan fingerprint density at radius 1 is 1.41 bits per heavy atom. The second-order valence-corrected chi connectivity index (χ2v) is 7.67. The maximum Gasteiger partial charge on any atom is 0.410 e. The molecule has 0 bridgehead atoms. The van der Waals surface area contributed by atoms with Gasteiger partial charge in [-0.15, -0.1) is 0 Å². The molecule has 8 nitrogen and oxygen atoms in total. The Labute approximate surface area is 173 Å². The summed E-state index contributed by atoms with van der Waals surface area (Å²) >= 11 is 6.33. The van der Waals surface area contributed by atoms with E-state index < -0.39 is 0 Å². The van der Waals surface area contributed by atoms with Gasteiger partial charge in [0.2, 0.25) is 5.91 Å². The number of aromatic nitrogens is 2. The minimum Gasteiger partial charge on any atom is -0.494 e. The van der Waals surface area contributed by atoms with Gasteiger partial charge in [0.1, 0.15) is 12.4 Å². The molecule has 2 aliphatic rings. The van der Waals surface area contributed by atoms with Crippen molar-refractivity contribution in [1.82, 2.24) is 14.7 Å². The number of cyclic esters (lactones) is 1. The van der Waals surface area contributed by atoms with E-state index in [0.717, 1.165) is 12.8 Å². The van der Waals surface area contributed by atoms with Crippen LogP contribution in [0.2, 0.25) is 5.02 Å². The molecule has 2 amide bonds. The summed E-state index contributed by atoms with van der Waals surface area (Å²) in [5.74, 6) is 1.31. The molecule has 9 heteroatoms. The SMILES string of the molecule is CCOc1ccc(-n2ccc(NC(=O)CC3CCN4C(=O)OCC4C3)n2)c(Cl)c1. The first kappa shape index (κ1) is 19.6. The van der Waals surface area contributed by atoms with E-state index >= 15 is 0 Å². The van der Waals surface area contributed by atoms with Crippen molar-refractivity contribution in [2.75, 3.05) is 25.1 Å². The van der Waals surface area contributed by atoms with Gasteiger partial charge in [0.15, 0.2) is 5.82 Å². The standard InChI is InChI=1S/C20H23ClN4O4/c1-2-28-15-3-4-17(16(21)11-15)25-8-6-18(23-25)22-19(26)10-13-5-7-24-14(9-13)12-29-20(24)27/h3-4,6,8,11,13-14H,2,5,7,9-10,12H2,1H3,(H,22,23,26). The monoisotopic (exact) mass is 418 g/mol. The lowest BCUT2D eigenvalue weighted by molar-refractivity contribution is -0.117. The van der Waals surface area contributed by atoms with E-state index in [0.29, 0.717) is 48.5 Å². The minimum atomic E-state index is -0.239. The first-order valence-electron chi connectivity index (χ1n) is 9.75. The molecule has 0 saturated carbocycles. The number of hydrogen-bond acceptors (Lipinski definition) is 5. The number of ether oxygens (including phenoxy) is 2. The van der Waals surface area contributed by atoms with Crippen LogP contribution in [0.15, 0.2) is 30.5 Å². The minimum absolute atomic E-state index is 0.0864. The van der Waals surface area contributed by atoms with Crippen molar-refractivity contribution in [3.05, 3.63) is 35.5 Å². The molecule has 0 aliphatic carbocycles. The van der Waals surface area contributed by atoms with Gasteiger partial charge in [-0.1, -0.05) is 11.6 Å². The molecule has 154 valence electrons. The molecule has 2 aliphatic heterocycles. The molecule has 1 aromatic carbocycles. The molecule has 0 radical (unpaired) electrons. The number of carbonyl (C=O) groups is 2. The predicted molar refractivity (Wildman–Crippen MR) is 108 cm³/mol. The predicted octanol–water partition coefficient (Wildman–Crippen LogP) is 3.48. The summed E-state index contributed by atoms with van der Waals surface area (Å²) in [6, 6.07) is 7.22. The van der Waals surface area contributed by atoms with E-state index in [1.165, 1.54) is 0 Å². The summed E-state index contributed by atoms with van der Waals surface area (Å²) < 4.78 is 12.1. The topological polar surface area (TPSA) is 85.7 Å². The Morgan fingerprint density at radius 3 is 3.07 bits per heavy atom. The molecule has 2 aromatic rings. The van der Waals surface area contributed by atoms with Crippen molar-refractivity contribution in [3.63, 3.8) is 0 Å². The lowest BCUT2D eigenvalue weighted by Gasteiger charge is -2.31. The largest absolute Gasteiger partial charge is 0.494 e. The Bertz CT molecular complexity index is 916. The second-order valence-electron chi connectivity index (χ2n) is 7.26. The zero-order chi connectivity index (χ0) is 20.4.